The van der Waals surface area contributed by atoms with E-state index in [-0.39, 0.29) is 5.91 Å². The van der Waals surface area contributed by atoms with Gasteiger partial charge in [-0.1, -0.05) is 19.3 Å². The van der Waals surface area contributed by atoms with Gasteiger partial charge < -0.3 is 10.6 Å². The smallest absolute Gasteiger partial charge is 0.242 e. The van der Waals surface area contributed by atoms with Crippen LogP contribution in [0.3, 0.4) is 0 Å². The average molecular weight is 250 g/mol. The third-order valence-corrected chi connectivity index (χ3v) is 5.43. The van der Waals surface area contributed by atoms with Gasteiger partial charge in [-0.05, 0) is 50.9 Å². The van der Waals surface area contributed by atoms with Crippen LogP contribution in [0.5, 0.6) is 0 Å². The lowest BCUT2D eigenvalue weighted by Crippen LogP contribution is -2.61. The van der Waals surface area contributed by atoms with Crippen molar-refractivity contribution in [2.45, 2.75) is 75.8 Å². The molecule has 3 rings (SSSR count). The Morgan fingerprint density at radius 2 is 1.72 bits per heavy atom. The summed E-state index contributed by atoms with van der Waals surface area (Å²) in [5.41, 5.74) is 5.74. The number of hydrogen-bond donors (Lipinski definition) is 1. The number of hydrogen-bond acceptors (Lipinski definition) is 2. The van der Waals surface area contributed by atoms with Crippen LogP contribution in [0.4, 0.5) is 0 Å². The molecule has 1 heterocycles. The van der Waals surface area contributed by atoms with Crippen LogP contribution in [0, 0.1) is 5.92 Å². The van der Waals surface area contributed by atoms with Gasteiger partial charge in [0.2, 0.25) is 5.91 Å². The van der Waals surface area contributed by atoms with E-state index in [2.05, 4.69) is 4.90 Å². The van der Waals surface area contributed by atoms with Gasteiger partial charge >= 0.3 is 0 Å². The Balaban J connectivity index is 1.68. The first-order valence-electron chi connectivity index (χ1n) is 7.81. The second-order valence-corrected chi connectivity index (χ2v) is 6.62. The first-order chi connectivity index (χ1) is 8.71. The minimum absolute atomic E-state index is 0.266. The highest BCUT2D eigenvalue weighted by molar-refractivity contribution is 5.87. The van der Waals surface area contributed by atoms with Crippen molar-refractivity contribution in [3.05, 3.63) is 0 Å². The van der Waals surface area contributed by atoms with E-state index in [1.54, 1.807) is 0 Å². The molecule has 2 aliphatic carbocycles. The van der Waals surface area contributed by atoms with Crippen molar-refractivity contribution < 1.29 is 4.79 Å². The van der Waals surface area contributed by atoms with Crippen LogP contribution < -0.4 is 5.73 Å². The summed E-state index contributed by atoms with van der Waals surface area (Å²) in [5.74, 6) is 1.02. The van der Waals surface area contributed by atoms with E-state index in [1.165, 1.54) is 44.9 Å². The minimum Gasteiger partial charge on any atom is -0.338 e. The lowest BCUT2D eigenvalue weighted by molar-refractivity contribution is -0.142. The van der Waals surface area contributed by atoms with Gasteiger partial charge in [0.25, 0.3) is 0 Å². The first-order valence-corrected chi connectivity index (χ1v) is 7.81. The molecule has 0 aromatic carbocycles. The maximum absolute atomic E-state index is 12.6. The predicted octanol–water partition coefficient (Wildman–Crippen LogP) is 2.44. The molecule has 0 aromatic heterocycles. The Morgan fingerprint density at radius 1 is 1.00 bits per heavy atom. The zero-order chi connectivity index (χ0) is 12.6. The summed E-state index contributed by atoms with van der Waals surface area (Å²) >= 11 is 0. The summed E-state index contributed by atoms with van der Waals surface area (Å²) in [6.45, 7) is 0.957. The number of carbonyl (C=O) groups excluding carboxylic acids is 1. The fourth-order valence-electron chi connectivity index (χ4n) is 4.11. The topological polar surface area (TPSA) is 46.3 Å². The van der Waals surface area contributed by atoms with Crippen LogP contribution in [0.25, 0.3) is 0 Å². The summed E-state index contributed by atoms with van der Waals surface area (Å²) < 4.78 is 0. The fourth-order valence-corrected chi connectivity index (χ4v) is 4.11. The molecule has 3 heteroatoms. The van der Waals surface area contributed by atoms with E-state index in [0.717, 1.165) is 31.7 Å². The van der Waals surface area contributed by atoms with Crippen LogP contribution >= 0.6 is 0 Å². The second-order valence-electron chi connectivity index (χ2n) is 6.62. The van der Waals surface area contributed by atoms with Gasteiger partial charge in [-0.3, -0.25) is 4.79 Å². The molecule has 3 nitrogen and oxygen atoms in total. The summed E-state index contributed by atoms with van der Waals surface area (Å²) in [7, 11) is 0. The van der Waals surface area contributed by atoms with E-state index in [9.17, 15) is 4.79 Å². The van der Waals surface area contributed by atoms with E-state index < -0.39 is 5.54 Å². The predicted molar refractivity (Wildman–Crippen MR) is 72.1 cm³/mol. The summed E-state index contributed by atoms with van der Waals surface area (Å²) in [6, 6.07) is 0.513. The summed E-state index contributed by atoms with van der Waals surface area (Å²) in [5, 5.41) is 0. The number of nitrogens with zero attached hydrogens (tertiary/aromatic N) is 1. The quantitative estimate of drug-likeness (QED) is 0.818. The zero-order valence-electron chi connectivity index (χ0n) is 11.4. The molecular weight excluding hydrogens is 224 g/mol. The Labute approximate surface area is 110 Å². The van der Waals surface area contributed by atoms with Gasteiger partial charge in [0.05, 0.1) is 5.54 Å². The van der Waals surface area contributed by atoms with Crippen molar-refractivity contribution in [2.75, 3.05) is 6.54 Å². The van der Waals surface area contributed by atoms with Gasteiger partial charge in [0, 0.05) is 12.6 Å². The van der Waals surface area contributed by atoms with E-state index in [4.69, 9.17) is 5.73 Å². The third kappa shape index (κ3) is 2.07. The molecule has 0 bridgehead atoms. The minimum atomic E-state index is -0.489. The molecule has 1 unspecified atom stereocenters. The Kier molecular flexibility index (Phi) is 3.35. The van der Waals surface area contributed by atoms with Crippen molar-refractivity contribution >= 4 is 5.91 Å². The number of nitrogens with two attached hydrogens (primary N) is 1. The third-order valence-electron chi connectivity index (χ3n) is 5.43. The Morgan fingerprint density at radius 3 is 2.33 bits per heavy atom. The number of likely N-dealkylation sites (tertiary alicyclic amines) is 1. The molecule has 1 aliphatic heterocycles. The first kappa shape index (κ1) is 12.5. The van der Waals surface area contributed by atoms with Crippen molar-refractivity contribution in [1.29, 1.82) is 0 Å². The maximum atomic E-state index is 12.6. The van der Waals surface area contributed by atoms with Gasteiger partial charge in [0.15, 0.2) is 0 Å². The number of amides is 1. The normalized spacial score (nSPS) is 32.3. The standard InChI is InChI=1S/C15H26N2O/c16-15(9-5-10-15)14(18)17-11-4-8-13(17)12-6-2-1-3-7-12/h12-13H,1-11,16H2. The van der Waals surface area contributed by atoms with E-state index in [1.807, 2.05) is 0 Å². The molecule has 0 radical (unpaired) electrons. The van der Waals surface area contributed by atoms with E-state index in [0.29, 0.717) is 6.04 Å². The van der Waals surface area contributed by atoms with Crippen LogP contribution in [0.15, 0.2) is 0 Å². The lowest BCUT2D eigenvalue weighted by Gasteiger charge is -2.43. The monoisotopic (exact) mass is 250 g/mol. The average Bonchev–Trinajstić information content (AvgIpc) is 2.85. The lowest BCUT2D eigenvalue weighted by atomic mass is 9.76. The number of carbonyl (C=O) groups is 1. The van der Waals surface area contributed by atoms with Gasteiger partial charge in [0.1, 0.15) is 0 Å². The zero-order valence-corrected chi connectivity index (χ0v) is 11.4. The molecular formula is C15H26N2O. The van der Waals surface area contributed by atoms with Gasteiger partial charge in [-0.25, -0.2) is 0 Å². The molecule has 3 fully saturated rings. The summed E-state index contributed by atoms with van der Waals surface area (Å²) in [6.07, 6.45) is 12.1. The SMILES string of the molecule is NC1(C(=O)N2CCCC2C2CCCCC2)CCC1. The van der Waals surface area contributed by atoms with E-state index >= 15 is 0 Å². The van der Waals surface area contributed by atoms with Crippen LogP contribution in [0.2, 0.25) is 0 Å². The van der Waals surface area contributed by atoms with Crippen LogP contribution in [0.1, 0.15) is 64.2 Å². The highest BCUT2D eigenvalue weighted by atomic mass is 16.2. The Hall–Kier alpha value is -0.570. The van der Waals surface area contributed by atoms with Crippen LogP contribution in [-0.2, 0) is 4.79 Å². The largest absolute Gasteiger partial charge is 0.338 e. The van der Waals surface area contributed by atoms with Crippen molar-refractivity contribution in [3.8, 4) is 0 Å². The highest BCUT2D eigenvalue weighted by Gasteiger charge is 2.46. The molecule has 102 valence electrons. The number of rotatable bonds is 2. The maximum Gasteiger partial charge on any atom is 0.242 e. The molecule has 0 aromatic rings. The molecule has 0 spiro atoms. The second kappa shape index (κ2) is 4.84. The molecule has 1 saturated heterocycles. The van der Waals surface area contributed by atoms with Crippen molar-refractivity contribution in [1.82, 2.24) is 4.90 Å². The highest BCUT2D eigenvalue weighted by Crippen LogP contribution is 2.38. The van der Waals surface area contributed by atoms with Crippen LogP contribution in [-0.4, -0.2) is 28.9 Å². The molecule has 2 N–H and O–H groups in total. The van der Waals surface area contributed by atoms with Crippen molar-refractivity contribution in [2.24, 2.45) is 11.7 Å². The summed E-state index contributed by atoms with van der Waals surface area (Å²) in [4.78, 5) is 14.8. The molecule has 18 heavy (non-hydrogen) atoms. The molecule has 2 saturated carbocycles. The Bertz CT molecular complexity index is 318. The van der Waals surface area contributed by atoms with Gasteiger partial charge in [-0.15, -0.1) is 0 Å². The fraction of sp³-hybridized carbons (Fsp3) is 0.933. The molecule has 1 atom stereocenters. The van der Waals surface area contributed by atoms with Crippen molar-refractivity contribution in [3.63, 3.8) is 0 Å². The molecule has 1 amide bonds. The van der Waals surface area contributed by atoms with Gasteiger partial charge in [-0.2, -0.15) is 0 Å². The molecule has 3 aliphatic rings.